The van der Waals surface area contributed by atoms with Gasteiger partial charge in [0.05, 0.1) is 5.69 Å². The van der Waals surface area contributed by atoms with Gasteiger partial charge in [0, 0.05) is 18.6 Å². The van der Waals surface area contributed by atoms with Gasteiger partial charge in [-0.25, -0.2) is 13.2 Å². The van der Waals surface area contributed by atoms with E-state index in [1.807, 2.05) is 13.8 Å². The van der Waals surface area contributed by atoms with Crippen molar-refractivity contribution in [1.29, 1.82) is 0 Å². The first-order chi connectivity index (χ1) is 7.40. The summed E-state index contributed by atoms with van der Waals surface area (Å²) in [5.74, 6) is -3.79. The summed E-state index contributed by atoms with van der Waals surface area (Å²) < 4.78 is 38.5. The van der Waals surface area contributed by atoms with Gasteiger partial charge in [-0.2, -0.15) is 0 Å². The molecule has 16 heavy (non-hydrogen) atoms. The van der Waals surface area contributed by atoms with Crippen molar-refractivity contribution in [2.45, 2.75) is 20.3 Å². The lowest BCUT2D eigenvalue weighted by Crippen LogP contribution is -2.15. The minimum absolute atomic E-state index is 0.105. The van der Waals surface area contributed by atoms with Crippen LogP contribution >= 0.6 is 0 Å². The van der Waals surface area contributed by atoms with Gasteiger partial charge in [0.15, 0.2) is 11.6 Å². The van der Waals surface area contributed by atoms with E-state index in [-0.39, 0.29) is 18.0 Å². The highest BCUT2D eigenvalue weighted by Crippen LogP contribution is 2.18. The highest BCUT2D eigenvalue weighted by molar-refractivity contribution is 5.90. The lowest BCUT2D eigenvalue weighted by atomic mass is 10.1. The number of carbonyl (C=O) groups excluding carboxylic acids is 1. The van der Waals surface area contributed by atoms with Gasteiger partial charge in [-0.05, 0) is 5.92 Å². The summed E-state index contributed by atoms with van der Waals surface area (Å²) in [5, 5.41) is 2.19. The van der Waals surface area contributed by atoms with Gasteiger partial charge >= 0.3 is 0 Å². The lowest BCUT2D eigenvalue weighted by molar-refractivity contribution is -0.116. The average Bonchev–Trinajstić information content (AvgIpc) is 2.12. The van der Waals surface area contributed by atoms with Crippen molar-refractivity contribution in [3.8, 4) is 0 Å². The fourth-order valence-corrected chi connectivity index (χ4v) is 1.19. The SMILES string of the molecule is CC(C)CC(=O)Nc1cc(F)c(F)cc1F. The smallest absolute Gasteiger partial charge is 0.224 e. The van der Waals surface area contributed by atoms with Crippen molar-refractivity contribution in [1.82, 2.24) is 0 Å². The van der Waals surface area contributed by atoms with Crippen LogP contribution in [-0.2, 0) is 4.79 Å². The summed E-state index contributed by atoms with van der Waals surface area (Å²) in [4.78, 5) is 11.3. The second kappa shape index (κ2) is 5.01. The molecular formula is C11H12F3NO. The molecule has 0 aromatic heterocycles. The monoisotopic (exact) mass is 231 g/mol. The Morgan fingerprint density at radius 2 is 1.75 bits per heavy atom. The number of amides is 1. The Morgan fingerprint density at radius 1 is 1.19 bits per heavy atom. The standard InChI is InChI=1S/C11H12F3NO/c1-6(2)3-11(16)15-10-5-8(13)7(12)4-9(10)14/h4-6H,3H2,1-2H3,(H,15,16). The Kier molecular flexibility index (Phi) is 3.93. The van der Waals surface area contributed by atoms with Crippen molar-refractivity contribution < 1.29 is 18.0 Å². The zero-order valence-corrected chi connectivity index (χ0v) is 8.98. The van der Waals surface area contributed by atoms with Crippen LogP contribution in [0.4, 0.5) is 18.9 Å². The summed E-state index contributed by atoms with van der Waals surface area (Å²) in [7, 11) is 0. The van der Waals surface area contributed by atoms with E-state index >= 15 is 0 Å². The second-order valence-corrected chi connectivity index (χ2v) is 3.89. The van der Waals surface area contributed by atoms with Gasteiger partial charge in [-0.15, -0.1) is 0 Å². The number of carbonyl (C=O) groups is 1. The van der Waals surface area contributed by atoms with Crippen molar-refractivity contribution in [2.24, 2.45) is 5.92 Å². The predicted molar refractivity (Wildman–Crippen MR) is 54.4 cm³/mol. The number of benzene rings is 1. The van der Waals surface area contributed by atoms with Crippen molar-refractivity contribution >= 4 is 11.6 Å². The maximum absolute atomic E-state index is 13.1. The number of nitrogens with one attached hydrogen (secondary N) is 1. The van der Waals surface area contributed by atoms with Crippen molar-refractivity contribution in [3.63, 3.8) is 0 Å². The molecule has 0 radical (unpaired) electrons. The van der Waals surface area contributed by atoms with Crippen LogP contribution in [0.2, 0.25) is 0 Å². The van der Waals surface area contributed by atoms with E-state index in [2.05, 4.69) is 5.32 Å². The lowest BCUT2D eigenvalue weighted by Gasteiger charge is -2.08. The number of halogens is 3. The number of hydrogen-bond donors (Lipinski definition) is 1. The summed E-state index contributed by atoms with van der Waals surface area (Å²) >= 11 is 0. The van der Waals surface area contributed by atoms with E-state index in [0.29, 0.717) is 12.1 Å². The van der Waals surface area contributed by atoms with E-state index in [1.54, 1.807) is 0 Å². The zero-order chi connectivity index (χ0) is 12.3. The molecule has 1 aromatic rings. The molecule has 0 aliphatic heterocycles. The highest BCUT2D eigenvalue weighted by atomic mass is 19.2. The molecule has 88 valence electrons. The fourth-order valence-electron chi connectivity index (χ4n) is 1.19. The fraction of sp³-hybridized carbons (Fsp3) is 0.364. The van der Waals surface area contributed by atoms with E-state index in [0.717, 1.165) is 0 Å². The van der Waals surface area contributed by atoms with Crippen LogP contribution in [0.1, 0.15) is 20.3 Å². The first-order valence-corrected chi connectivity index (χ1v) is 4.84. The summed E-state index contributed by atoms with van der Waals surface area (Å²) in [6, 6.07) is 1.03. The van der Waals surface area contributed by atoms with E-state index in [4.69, 9.17) is 0 Å². The quantitative estimate of drug-likeness (QED) is 0.796. The minimum Gasteiger partial charge on any atom is -0.324 e. The van der Waals surface area contributed by atoms with Crippen LogP contribution in [0.5, 0.6) is 0 Å². The number of hydrogen-bond acceptors (Lipinski definition) is 1. The molecule has 1 aromatic carbocycles. The van der Waals surface area contributed by atoms with Gasteiger partial charge in [0.2, 0.25) is 5.91 Å². The molecular weight excluding hydrogens is 219 g/mol. The molecule has 0 unspecified atom stereocenters. The van der Waals surface area contributed by atoms with Gasteiger partial charge in [0.25, 0.3) is 0 Å². The molecule has 0 aliphatic carbocycles. The molecule has 0 bridgehead atoms. The Labute approximate surface area is 91.5 Å². The highest BCUT2D eigenvalue weighted by Gasteiger charge is 2.12. The molecule has 1 N–H and O–H groups in total. The van der Waals surface area contributed by atoms with E-state index < -0.39 is 23.4 Å². The third kappa shape index (κ3) is 3.25. The molecule has 0 atom stereocenters. The van der Waals surface area contributed by atoms with Crippen LogP contribution in [0.15, 0.2) is 12.1 Å². The van der Waals surface area contributed by atoms with Crippen molar-refractivity contribution in [3.05, 3.63) is 29.6 Å². The molecule has 0 saturated heterocycles. The zero-order valence-electron chi connectivity index (χ0n) is 8.98. The summed E-state index contributed by atoms with van der Waals surface area (Å²) in [6.45, 7) is 3.64. The molecule has 0 fully saturated rings. The van der Waals surface area contributed by atoms with E-state index in [9.17, 15) is 18.0 Å². The molecule has 1 rings (SSSR count). The Morgan fingerprint density at radius 3 is 2.31 bits per heavy atom. The van der Waals surface area contributed by atoms with Gasteiger partial charge < -0.3 is 5.32 Å². The van der Waals surface area contributed by atoms with Gasteiger partial charge in [0.1, 0.15) is 5.82 Å². The van der Waals surface area contributed by atoms with Crippen LogP contribution in [0.3, 0.4) is 0 Å². The first-order valence-electron chi connectivity index (χ1n) is 4.84. The second-order valence-electron chi connectivity index (χ2n) is 3.89. The summed E-state index contributed by atoms with van der Waals surface area (Å²) in [5.41, 5.74) is -0.343. The number of rotatable bonds is 3. The summed E-state index contributed by atoms with van der Waals surface area (Å²) in [6.07, 6.45) is 0.193. The first kappa shape index (κ1) is 12.5. The topological polar surface area (TPSA) is 29.1 Å². The third-order valence-electron chi connectivity index (χ3n) is 1.88. The Balaban J connectivity index is 2.81. The molecule has 2 nitrogen and oxygen atoms in total. The van der Waals surface area contributed by atoms with Crippen molar-refractivity contribution in [2.75, 3.05) is 5.32 Å². The van der Waals surface area contributed by atoms with Crippen LogP contribution in [-0.4, -0.2) is 5.91 Å². The van der Waals surface area contributed by atoms with Crippen LogP contribution in [0, 0.1) is 23.4 Å². The largest absolute Gasteiger partial charge is 0.324 e. The normalized spacial score (nSPS) is 10.6. The average molecular weight is 231 g/mol. The van der Waals surface area contributed by atoms with Crippen LogP contribution < -0.4 is 5.32 Å². The molecule has 5 heteroatoms. The third-order valence-corrected chi connectivity index (χ3v) is 1.88. The number of anilines is 1. The van der Waals surface area contributed by atoms with Crippen LogP contribution in [0.25, 0.3) is 0 Å². The Bertz CT molecular complexity index is 404. The minimum atomic E-state index is -1.28. The molecule has 0 heterocycles. The molecule has 1 amide bonds. The maximum atomic E-state index is 13.1. The van der Waals surface area contributed by atoms with E-state index in [1.165, 1.54) is 0 Å². The Hall–Kier alpha value is -1.52. The molecule has 0 aliphatic rings. The molecule has 0 spiro atoms. The molecule has 0 saturated carbocycles. The predicted octanol–water partition coefficient (Wildman–Crippen LogP) is 3.09. The van der Waals surface area contributed by atoms with Gasteiger partial charge in [-0.1, -0.05) is 13.8 Å². The maximum Gasteiger partial charge on any atom is 0.224 e. The van der Waals surface area contributed by atoms with Gasteiger partial charge in [-0.3, -0.25) is 4.79 Å².